The number of rotatable bonds is 3. The van der Waals surface area contributed by atoms with Crippen LogP contribution in [-0.2, 0) is 13.0 Å². The molecule has 8 heteroatoms. The smallest absolute Gasteiger partial charge is 0.319 e. The zero-order valence-electron chi connectivity index (χ0n) is 15.8. The van der Waals surface area contributed by atoms with Gasteiger partial charge in [-0.3, -0.25) is 9.89 Å². The van der Waals surface area contributed by atoms with E-state index in [-0.39, 0.29) is 18.0 Å². The van der Waals surface area contributed by atoms with Crippen LogP contribution in [0.15, 0.2) is 0 Å². The number of H-pyrrole nitrogens is 1. The third-order valence-electron chi connectivity index (χ3n) is 5.90. The molecule has 2 atom stereocenters. The van der Waals surface area contributed by atoms with Crippen molar-refractivity contribution in [3.63, 3.8) is 0 Å². The minimum Gasteiger partial charge on any atom is -0.346 e. The van der Waals surface area contributed by atoms with Crippen LogP contribution in [0.5, 0.6) is 0 Å². The molecule has 3 amide bonds. The monoisotopic (exact) mass is 360 g/mol. The first-order chi connectivity index (χ1) is 12.4. The second kappa shape index (κ2) is 6.57. The average Bonchev–Trinajstić information content (AvgIpc) is 3.23. The van der Waals surface area contributed by atoms with Gasteiger partial charge in [0.05, 0.1) is 6.04 Å². The molecule has 1 saturated carbocycles. The molecule has 3 heterocycles. The Labute approximate surface area is 153 Å². The zero-order chi connectivity index (χ0) is 18.4. The van der Waals surface area contributed by atoms with E-state index in [0.29, 0.717) is 24.1 Å². The highest BCUT2D eigenvalue weighted by molar-refractivity contribution is 5.94. The van der Waals surface area contributed by atoms with Gasteiger partial charge in [0.2, 0.25) is 0 Å². The largest absolute Gasteiger partial charge is 0.346 e. The molecular formula is C18H28N6O2. The molecular weight excluding hydrogens is 332 g/mol. The molecule has 0 aromatic carbocycles. The van der Waals surface area contributed by atoms with Gasteiger partial charge in [-0.1, -0.05) is 0 Å². The molecule has 1 aromatic heterocycles. The van der Waals surface area contributed by atoms with E-state index in [4.69, 9.17) is 0 Å². The number of carbonyl (C=O) groups excluding carboxylic acids is 2. The lowest BCUT2D eigenvalue weighted by Gasteiger charge is -2.23. The summed E-state index contributed by atoms with van der Waals surface area (Å²) < 4.78 is 0. The van der Waals surface area contributed by atoms with E-state index in [9.17, 15) is 9.59 Å². The normalized spacial score (nSPS) is 25.9. The number of nitrogens with zero attached hydrogens (tertiary/aromatic N) is 4. The molecule has 4 rings (SSSR count). The van der Waals surface area contributed by atoms with E-state index >= 15 is 0 Å². The van der Waals surface area contributed by atoms with Crippen LogP contribution in [0, 0.1) is 11.8 Å². The van der Waals surface area contributed by atoms with Crippen LogP contribution in [0.1, 0.15) is 34.6 Å². The van der Waals surface area contributed by atoms with Crippen LogP contribution in [0.2, 0.25) is 0 Å². The summed E-state index contributed by atoms with van der Waals surface area (Å²) in [5, 5.41) is 10.5. The molecule has 2 fully saturated rings. The second-order valence-electron chi connectivity index (χ2n) is 8.18. The number of likely N-dealkylation sites (N-methyl/N-ethyl adjacent to an activating group) is 1. The quantitative estimate of drug-likeness (QED) is 0.823. The van der Waals surface area contributed by atoms with Crippen molar-refractivity contribution in [3.05, 3.63) is 17.0 Å². The summed E-state index contributed by atoms with van der Waals surface area (Å²) in [5.74, 6) is 0.854. The van der Waals surface area contributed by atoms with Crippen molar-refractivity contribution >= 4 is 11.9 Å². The number of likely N-dealkylation sites (tertiary alicyclic amines) is 1. The van der Waals surface area contributed by atoms with E-state index in [1.54, 1.807) is 19.0 Å². The van der Waals surface area contributed by atoms with Gasteiger partial charge in [0.15, 0.2) is 5.69 Å². The number of fused-ring (bicyclic) bond motifs is 1. The maximum atomic E-state index is 12.9. The van der Waals surface area contributed by atoms with Crippen molar-refractivity contribution in [2.45, 2.75) is 31.8 Å². The predicted molar refractivity (Wildman–Crippen MR) is 96.7 cm³/mol. The van der Waals surface area contributed by atoms with Crippen LogP contribution in [0.4, 0.5) is 4.79 Å². The lowest BCUT2D eigenvalue weighted by molar-refractivity contribution is 0.0920. The summed E-state index contributed by atoms with van der Waals surface area (Å²) in [7, 11) is 5.60. The van der Waals surface area contributed by atoms with Crippen molar-refractivity contribution in [2.24, 2.45) is 11.8 Å². The van der Waals surface area contributed by atoms with Gasteiger partial charge in [-0.25, -0.2) is 4.79 Å². The number of aromatic amines is 1. The van der Waals surface area contributed by atoms with Crippen LogP contribution < -0.4 is 5.32 Å². The minimum atomic E-state index is -0.118. The highest BCUT2D eigenvalue weighted by Crippen LogP contribution is 2.41. The third kappa shape index (κ3) is 3.18. The minimum absolute atomic E-state index is 0.00701. The number of hydrogen-bond acceptors (Lipinski definition) is 4. The first-order valence-electron chi connectivity index (χ1n) is 9.45. The van der Waals surface area contributed by atoms with Crippen molar-refractivity contribution in [1.82, 2.24) is 30.2 Å². The average molecular weight is 360 g/mol. The van der Waals surface area contributed by atoms with Crippen molar-refractivity contribution < 1.29 is 9.59 Å². The van der Waals surface area contributed by atoms with E-state index in [0.717, 1.165) is 37.3 Å². The SMILES string of the molecule is CN1CCc2[nH]nc(C(=O)N[C@@H]3CN(C(=O)N(C)C)C[C@H]3C3CC3)c2C1. The molecule has 0 spiro atoms. The van der Waals surface area contributed by atoms with Crippen molar-refractivity contribution in [2.75, 3.05) is 40.8 Å². The number of carbonyl (C=O) groups is 2. The number of hydrogen-bond donors (Lipinski definition) is 2. The fourth-order valence-electron chi connectivity index (χ4n) is 4.28. The highest BCUT2D eigenvalue weighted by atomic mass is 16.2. The number of aromatic nitrogens is 2. The summed E-state index contributed by atoms with van der Waals surface area (Å²) >= 11 is 0. The van der Waals surface area contributed by atoms with Gasteiger partial charge in [-0.2, -0.15) is 5.10 Å². The lowest BCUT2D eigenvalue weighted by atomic mass is 9.97. The Morgan fingerprint density at radius 1 is 1.27 bits per heavy atom. The summed E-state index contributed by atoms with van der Waals surface area (Å²) in [6, 6.07) is 0.0266. The number of amides is 3. The molecule has 1 aromatic rings. The summed E-state index contributed by atoms with van der Waals surface area (Å²) in [6.45, 7) is 3.03. The fraction of sp³-hybridized carbons (Fsp3) is 0.722. The Bertz CT molecular complexity index is 711. The Morgan fingerprint density at radius 2 is 2.04 bits per heavy atom. The Balaban J connectivity index is 1.48. The molecule has 2 N–H and O–H groups in total. The Kier molecular flexibility index (Phi) is 4.38. The topological polar surface area (TPSA) is 84.6 Å². The third-order valence-corrected chi connectivity index (χ3v) is 5.90. The molecule has 2 aliphatic heterocycles. The van der Waals surface area contributed by atoms with E-state index in [1.807, 2.05) is 4.90 Å². The molecule has 1 saturated heterocycles. The van der Waals surface area contributed by atoms with Gasteiger partial charge >= 0.3 is 6.03 Å². The van der Waals surface area contributed by atoms with Crippen molar-refractivity contribution in [3.8, 4) is 0 Å². The second-order valence-corrected chi connectivity index (χ2v) is 8.18. The summed E-state index contributed by atoms with van der Waals surface area (Å²) in [4.78, 5) is 30.9. The van der Waals surface area contributed by atoms with Gasteiger partial charge < -0.3 is 20.0 Å². The highest BCUT2D eigenvalue weighted by Gasteiger charge is 2.45. The molecule has 0 radical (unpaired) electrons. The van der Waals surface area contributed by atoms with E-state index < -0.39 is 0 Å². The van der Waals surface area contributed by atoms with Crippen LogP contribution in [0.25, 0.3) is 0 Å². The van der Waals surface area contributed by atoms with Gasteiger partial charge in [-0.15, -0.1) is 0 Å². The summed E-state index contributed by atoms with van der Waals surface area (Å²) in [5.41, 5.74) is 2.60. The molecule has 3 aliphatic rings. The van der Waals surface area contributed by atoms with Crippen LogP contribution in [-0.4, -0.2) is 83.7 Å². The van der Waals surface area contributed by atoms with Crippen molar-refractivity contribution in [1.29, 1.82) is 0 Å². The lowest BCUT2D eigenvalue weighted by Crippen LogP contribution is -2.43. The van der Waals surface area contributed by atoms with E-state index in [2.05, 4.69) is 27.5 Å². The fourth-order valence-corrected chi connectivity index (χ4v) is 4.28. The van der Waals surface area contributed by atoms with Crippen LogP contribution in [0.3, 0.4) is 0 Å². The predicted octanol–water partition coefficient (Wildman–Crippen LogP) is 0.519. The van der Waals surface area contributed by atoms with E-state index in [1.165, 1.54) is 12.8 Å². The van der Waals surface area contributed by atoms with Gasteiger partial charge in [-0.05, 0) is 25.8 Å². The molecule has 1 aliphatic carbocycles. The zero-order valence-corrected chi connectivity index (χ0v) is 15.8. The maximum Gasteiger partial charge on any atom is 0.319 e. The molecule has 0 unspecified atom stereocenters. The Morgan fingerprint density at radius 3 is 2.73 bits per heavy atom. The van der Waals surface area contributed by atoms with Gasteiger partial charge in [0.1, 0.15) is 0 Å². The number of nitrogens with one attached hydrogen (secondary N) is 2. The number of urea groups is 1. The molecule has 0 bridgehead atoms. The first-order valence-corrected chi connectivity index (χ1v) is 9.45. The molecule has 142 valence electrons. The first kappa shape index (κ1) is 17.3. The molecule has 8 nitrogen and oxygen atoms in total. The Hall–Kier alpha value is -2.09. The van der Waals surface area contributed by atoms with Gasteiger partial charge in [0.25, 0.3) is 5.91 Å². The maximum absolute atomic E-state index is 12.9. The van der Waals surface area contributed by atoms with Gasteiger partial charge in [0, 0.05) is 63.9 Å². The molecule has 26 heavy (non-hydrogen) atoms. The summed E-state index contributed by atoms with van der Waals surface area (Å²) in [6.07, 6.45) is 3.29. The van der Waals surface area contributed by atoms with Crippen LogP contribution >= 0.6 is 0 Å². The standard InChI is InChI=1S/C18H28N6O2/c1-22(2)18(26)24-9-12(11-4-5-11)15(10-24)19-17(25)16-13-8-23(3)7-6-14(13)20-21-16/h11-12,15H,4-10H2,1-3H3,(H,19,25)(H,20,21)/t12-,15+/m0/s1.